The molecule has 9 nitrogen and oxygen atoms in total. The summed E-state index contributed by atoms with van der Waals surface area (Å²) in [6.07, 6.45) is -1.15. The van der Waals surface area contributed by atoms with Gasteiger partial charge in [0.25, 0.3) is 0 Å². The molecule has 3 atom stereocenters. The molecule has 0 spiro atoms. The molecule has 0 amide bonds. The largest absolute Gasteiger partial charge is 0.716 e. The summed E-state index contributed by atoms with van der Waals surface area (Å²) < 4.78 is 25.2. The lowest BCUT2D eigenvalue weighted by Crippen LogP contribution is -2.39. The predicted molar refractivity (Wildman–Crippen MR) is 75.9 cm³/mol. The molecule has 0 aliphatic carbocycles. The summed E-state index contributed by atoms with van der Waals surface area (Å²) >= 11 is 0. The number of carbonyl (C=O) groups is 3. The SMILES string of the molecule is CCOC(=O)[C@@H]1OB(OC(=O)[C@@H]2CCCN2)O[C@H]1C(=O)OCC. The molecule has 2 aliphatic rings. The molecule has 1 N–H and O–H groups in total. The van der Waals surface area contributed by atoms with Crippen molar-refractivity contribution in [1.29, 1.82) is 0 Å². The lowest BCUT2D eigenvalue weighted by Gasteiger charge is -2.14. The van der Waals surface area contributed by atoms with Crippen molar-refractivity contribution >= 4 is 25.2 Å². The minimum Gasteiger partial charge on any atom is -0.484 e. The zero-order chi connectivity index (χ0) is 16.8. The van der Waals surface area contributed by atoms with Crippen molar-refractivity contribution in [3.8, 4) is 0 Å². The minimum atomic E-state index is -1.45. The quantitative estimate of drug-likeness (QED) is 0.493. The number of ether oxygens (including phenoxy) is 2. The molecule has 0 aromatic carbocycles. The van der Waals surface area contributed by atoms with Gasteiger partial charge in [-0.15, -0.1) is 0 Å². The molecule has 0 radical (unpaired) electrons. The zero-order valence-electron chi connectivity index (χ0n) is 13.1. The highest BCUT2D eigenvalue weighted by molar-refractivity contribution is 6.41. The van der Waals surface area contributed by atoms with Crippen LogP contribution in [-0.4, -0.2) is 63.2 Å². The minimum absolute atomic E-state index is 0.116. The average molecular weight is 329 g/mol. The first-order valence-electron chi connectivity index (χ1n) is 7.64. The molecule has 2 aliphatic heterocycles. The maximum atomic E-state index is 11.9. The molecule has 2 saturated heterocycles. The molecule has 0 bridgehead atoms. The summed E-state index contributed by atoms with van der Waals surface area (Å²) in [6, 6.07) is -0.440. The highest BCUT2D eigenvalue weighted by Gasteiger charge is 2.53. The normalized spacial score (nSPS) is 26.9. The van der Waals surface area contributed by atoms with E-state index in [-0.39, 0.29) is 13.2 Å². The van der Waals surface area contributed by atoms with Crippen LogP contribution >= 0.6 is 0 Å². The first-order chi connectivity index (χ1) is 11.1. The fraction of sp³-hybridized carbons (Fsp3) is 0.769. The van der Waals surface area contributed by atoms with Crippen molar-refractivity contribution in [3.05, 3.63) is 0 Å². The van der Waals surface area contributed by atoms with E-state index in [9.17, 15) is 14.4 Å². The van der Waals surface area contributed by atoms with Crippen molar-refractivity contribution in [3.63, 3.8) is 0 Å². The Kier molecular flexibility index (Phi) is 6.37. The molecule has 2 heterocycles. The molecule has 0 unspecified atom stereocenters. The Morgan fingerprint density at radius 3 is 2.04 bits per heavy atom. The predicted octanol–water partition coefficient (Wildman–Crippen LogP) is -0.823. The summed E-state index contributed by atoms with van der Waals surface area (Å²) in [6.45, 7) is 4.20. The summed E-state index contributed by atoms with van der Waals surface area (Å²) in [5, 5.41) is 2.97. The van der Waals surface area contributed by atoms with Crippen LogP contribution in [0.4, 0.5) is 0 Å². The summed E-state index contributed by atoms with van der Waals surface area (Å²) in [5.41, 5.74) is 0. The zero-order valence-corrected chi connectivity index (χ0v) is 13.1. The molecule has 2 rings (SSSR count). The second-order valence-corrected chi connectivity index (χ2v) is 4.99. The van der Waals surface area contributed by atoms with Gasteiger partial charge < -0.3 is 28.8 Å². The van der Waals surface area contributed by atoms with E-state index in [1.165, 1.54) is 0 Å². The van der Waals surface area contributed by atoms with Crippen molar-refractivity contribution in [2.45, 2.75) is 44.9 Å². The van der Waals surface area contributed by atoms with E-state index in [1.807, 2.05) is 0 Å². The van der Waals surface area contributed by atoms with Gasteiger partial charge in [0, 0.05) is 0 Å². The summed E-state index contributed by atoms with van der Waals surface area (Å²) in [5.74, 6) is -2.11. The Bertz CT molecular complexity index is 427. The Balaban J connectivity index is 1.98. The van der Waals surface area contributed by atoms with Crippen LogP contribution in [0.25, 0.3) is 0 Å². The van der Waals surface area contributed by atoms with E-state index in [1.54, 1.807) is 13.8 Å². The highest BCUT2D eigenvalue weighted by Crippen LogP contribution is 2.21. The maximum Gasteiger partial charge on any atom is 0.716 e. The van der Waals surface area contributed by atoms with Gasteiger partial charge in [-0.25, -0.2) is 9.59 Å². The third-order valence-electron chi connectivity index (χ3n) is 3.39. The van der Waals surface area contributed by atoms with Crippen molar-refractivity contribution in [2.75, 3.05) is 19.8 Å². The number of nitrogens with one attached hydrogen (secondary N) is 1. The fourth-order valence-electron chi connectivity index (χ4n) is 2.34. The highest BCUT2D eigenvalue weighted by atomic mass is 16.8. The van der Waals surface area contributed by atoms with Gasteiger partial charge >= 0.3 is 25.2 Å². The van der Waals surface area contributed by atoms with Crippen LogP contribution in [0.5, 0.6) is 0 Å². The first-order valence-corrected chi connectivity index (χ1v) is 7.64. The van der Waals surface area contributed by atoms with Crippen molar-refractivity contribution < 1.29 is 37.8 Å². The number of rotatable bonds is 6. The fourth-order valence-corrected chi connectivity index (χ4v) is 2.34. The number of carbonyl (C=O) groups excluding carboxylic acids is 3. The third-order valence-corrected chi connectivity index (χ3v) is 3.39. The molecule has 2 fully saturated rings. The van der Waals surface area contributed by atoms with E-state index in [2.05, 4.69) is 5.32 Å². The summed E-state index contributed by atoms with van der Waals surface area (Å²) in [4.78, 5) is 35.7. The number of esters is 2. The lowest BCUT2D eigenvalue weighted by molar-refractivity contribution is -0.163. The second-order valence-electron chi connectivity index (χ2n) is 4.99. The first kappa shape index (κ1) is 17.7. The topological polar surface area (TPSA) is 109 Å². The third kappa shape index (κ3) is 4.43. The molecule has 0 aromatic heterocycles. The molecule has 128 valence electrons. The van der Waals surface area contributed by atoms with E-state index in [0.717, 1.165) is 13.0 Å². The van der Waals surface area contributed by atoms with Gasteiger partial charge in [-0.1, -0.05) is 0 Å². The van der Waals surface area contributed by atoms with Crippen LogP contribution in [0.2, 0.25) is 0 Å². The average Bonchev–Trinajstić information content (AvgIpc) is 3.17. The van der Waals surface area contributed by atoms with Gasteiger partial charge in [0.05, 0.1) is 13.2 Å². The lowest BCUT2D eigenvalue weighted by atomic mass is 10.2. The van der Waals surface area contributed by atoms with Crippen LogP contribution < -0.4 is 5.32 Å². The van der Waals surface area contributed by atoms with E-state index < -0.39 is 43.5 Å². The Hall–Kier alpha value is -1.65. The standard InChI is InChI=1S/C13H20BNO8/c1-3-19-12(17)9-10(13(18)20-4-2)22-14(21-9)23-11(16)8-6-5-7-15-8/h8-10,15H,3-7H2,1-2H3/t8-,9+,10+/m0/s1. The van der Waals surface area contributed by atoms with Gasteiger partial charge in [0.1, 0.15) is 6.04 Å². The molecule has 10 heteroatoms. The smallest absolute Gasteiger partial charge is 0.484 e. The van der Waals surface area contributed by atoms with Crippen LogP contribution in [-0.2, 0) is 37.8 Å². The summed E-state index contributed by atoms with van der Waals surface area (Å²) in [7, 11) is -1.45. The van der Waals surface area contributed by atoms with Crippen molar-refractivity contribution in [1.82, 2.24) is 5.32 Å². The van der Waals surface area contributed by atoms with Crippen LogP contribution in [0.1, 0.15) is 26.7 Å². The van der Waals surface area contributed by atoms with Gasteiger partial charge in [-0.05, 0) is 33.2 Å². The van der Waals surface area contributed by atoms with Crippen LogP contribution in [0.3, 0.4) is 0 Å². The number of hydrogen-bond acceptors (Lipinski definition) is 9. The Morgan fingerprint density at radius 1 is 1.04 bits per heavy atom. The Morgan fingerprint density at radius 2 is 1.61 bits per heavy atom. The van der Waals surface area contributed by atoms with Crippen LogP contribution in [0.15, 0.2) is 0 Å². The van der Waals surface area contributed by atoms with Gasteiger partial charge in [-0.3, -0.25) is 4.79 Å². The van der Waals surface area contributed by atoms with Gasteiger partial charge in [0.2, 0.25) is 0 Å². The van der Waals surface area contributed by atoms with Crippen LogP contribution in [0, 0.1) is 0 Å². The molecular weight excluding hydrogens is 309 g/mol. The van der Waals surface area contributed by atoms with E-state index in [4.69, 9.17) is 23.4 Å². The van der Waals surface area contributed by atoms with Crippen molar-refractivity contribution in [2.24, 2.45) is 0 Å². The van der Waals surface area contributed by atoms with Gasteiger partial charge in [-0.2, -0.15) is 0 Å². The van der Waals surface area contributed by atoms with E-state index in [0.29, 0.717) is 6.42 Å². The monoisotopic (exact) mass is 329 g/mol. The molecule has 23 heavy (non-hydrogen) atoms. The van der Waals surface area contributed by atoms with Gasteiger partial charge in [0.15, 0.2) is 12.2 Å². The maximum absolute atomic E-state index is 11.9. The molecular formula is C13H20BNO8. The van der Waals surface area contributed by atoms with E-state index >= 15 is 0 Å². The molecule has 0 saturated carbocycles. The second kappa shape index (κ2) is 8.28. The molecule has 0 aromatic rings. The number of hydrogen-bond donors (Lipinski definition) is 1. The Labute approximate surface area is 134 Å².